The molecule has 248 valence electrons. The van der Waals surface area contributed by atoms with Gasteiger partial charge in [0.05, 0.1) is 5.69 Å². The Morgan fingerprint density at radius 1 is 0.396 bits per heavy atom. The van der Waals surface area contributed by atoms with Crippen LogP contribution in [0, 0.1) is 0 Å². The van der Waals surface area contributed by atoms with Gasteiger partial charge in [-0.3, -0.25) is 0 Å². The summed E-state index contributed by atoms with van der Waals surface area (Å²) in [5.74, 6) is 0. The molecule has 0 bridgehead atoms. The van der Waals surface area contributed by atoms with Crippen LogP contribution >= 0.6 is 11.3 Å². The molecular weight excluding hydrogens is 663 g/mol. The molecule has 0 aliphatic heterocycles. The third-order valence-corrected chi connectivity index (χ3v) is 11.8. The maximum atomic E-state index is 6.79. The molecule has 2 aromatic heterocycles. The lowest BCUT2D eigenvalue weighted by Gasteiger charge is -2.26. The lowest BCUT2D eigenvalue weighted by atomic mass is 9.98. The summed E-state index contributed by atoms with van der Waals surface area (Å²) in [6, 6.07) is 67.9. The maximum Gasteiger partial charge on any atom is 0.159 e. The Morgan fingerprint density at radius 2 is 1.08 bits per heavy atom. The van der Waals surface area contributed by atoms with Crippen LogP contribution in [-0.2, 0) is 0 Å². The Kier molecular flexibility index (Phi) is 6.76. The van der Waals surface area contributed by atoms with Gasteiger partial charge in [0.25, 0.3) is 0 Å². The van der Waals surface area contributed by atoms with Gasteiger partial charge in [-0.2, -0.15) is 0 Å². The molecule has 0 saturated heterocycles. The molecule has 2 nitrogen and oxygen atoms in total. The predicted octanol–water partition coefficient (Wildman–Crippen LogP) is 15.1. The second-order valence-corrected chi connectivity index (χ2v) is 14.8. The molecule has 0 spiro atoms. The Bertz CT molecular complexity index is 3170. The smallest absolute Gasteiger partial charge is 0.159 e. The van der Waals surface area contributed by atoms with Crippen molar-refractivity contribution in [2.45, 2.75) is 0 Å². The van der Waals surface area contributed by atoms with Crippen molar-refractivity contribution in [2.24, 2.45) is 0 Å². The van der Waals surface area contributed by atoms with E-state index in [0.717, 1.165) is 39.0 Å². The van der Waals surface area contributed by atoms with Crippen molar-refractivity contribution in [1.82, 2.24) is 0 Å². The second-order valence-electron chi connectivity index (χ2n) is 13.7. The minimum atomic E-state index is 0.865. The first-order valence-corrected chi connectivity index (χ1v) is 18.8. The fourth-order valence-corrected chi connectivity index (χ4v) is 9.26. The van der Waals surface area contributed by atoms with E-state index in [1.54, 1.807) is 0 Å². The van der Waals surface area contributed by atoms with Crippen LogP contribution in [0.3, 0.4) is 0 Å². The summed E-state index contributed by atoms with van der Waals surface area (Å²) in [5, 5.41) is 9.76. The SMILES string of the molecule is c1ccc(-c2ccc3oc4c(N(c5ccc(-c6cccc7sc8ccccc8c67)cc5)c5ccc6ccc7ccccc7c6c5)cccc4c3c2)cc1. The molecule has 0 aliphatic carbocycles. The van der Waals surface area contributed by atoms with Crippen LogP contribution in [0.1, 0.15) is 0 Å². The van der Waals surface area contributed by atoms with E-state index in [4.69, 9.17) is 4.42 Å². The standard InChI is InChI=1S/C50H31NOS/c1-2-10-32(11-3-1)36-25-29-46-44(30-36)41-16-8-17-45(50(41)52-46)51(38-28-24-35-21-20-33-12-4-5-13-39(33)43(35)31-38)37-26-22-34(23-27-37)40-15-9-19-48-49(40)42-14-6-7-18-47(42)53-48/h1-31H. The second kappa shape index (κ2) is 11.9. The van der Waals surface area contributed by atoms with E-state index in [9.17, 15) is 0 Å². The van der Waals surface area contributed by atoms with Crippen LogP contribution in [0.5, 0.6) is 0 Å². The summed E-state index contributed by atoms with van der Waals surface area (Å²) >= 11 is 1.86. The molecule has 2 heterocycles. The summed E-state index contributed by atoms with van der Waals surface area (Å²) in [5.41, 5.74) is 9.70. The average molecular weight is 694 g/mol. The Hall–Kier alpha value is -6.68. The molecule has 0 radical (unpaired) electrons. The Balaban J connectivity index is 1.12. The van der Waals surface area contributed by atoms with Gasteiger partial charge in [-0.15, -0.1) is 11.3 Å². The summed E-state index contributed by atoms with van der Waals surface area (Å²) < 4.78 is 9.41. The van der Waals surface area contributed by atoms with Crippen molar-refractivity contribution in [3.05, 3.63) is 188 Å². The predicted molar refractivity (Wildman–Crippen MR) is 227 cm³/mol. The highest BCUT2D eigenvalue weighted by molar-refractivity contribution is 7.25. The van der Waals surface area contributed by atoms with Crippen molar-refractivity contribution >= 4 is 92.1 Å². The van der Waals surface area contributed by atoms with Crippen molar-refractivity contribution in [3.63, 3.8) is 0 Å². The normalized spacial score (nSPS) is 11.8. The van der Waals surface area contributed by atoms with Gasteiger partial charge in [0.1, 0.15) is 5.58 Å². The van der Waals surface area contributed by atoms with Gasteiger partial charge in [0.15, 0.2) is 5.58 Å². The van der Waals surface area contributed by atoms with Gasteiger partial charge in [-0.05, 0) is 98.4 Å². The minimum Gasteiger partial charge on any atom is -0.454 e. The van der Waals surface area contributed by atoms with Crippen LogP contribution in [0.15, 0.2) is 192 Å². The van der Waals surface area contributed by atoms with E-state index >= 15 is 0 Å². The molecule has 0 saturated carbocycles. The van der Waals surface area contributed by atoms with E-state index in [0.29, 0.717) is 0 Å². The number of anilines is 3. The van der Waals surface area contributed by atoms with Crippen molar-refractivity contribution in [3.8, 4) is 22.3 Å². The molecule has 11 aromatic rings. The number of benzene rings is 9. The molecular formula is C50H31NOS. The highest BCUT2D eigenvalue weighted by Crippen LogP contribution is 2.45. The first-order chi connectivity index (χ1) is 26.3. The first-order valence-electron chi connectivity index (χ1n) is 18.0. The van der Waals surface area contributed by atoms with Gasteiger partial charge in [0, 0.05) is 42.3 Å². The molecule has 0 amide bonds. The van der Waals surface area contributed by atoms with E-state index in [1.807, 2.05) is 11.3 Å². The van der Waals surface area contributed by atoms with Crippen LogP contribution < -0.4 is 4.90 Å². The van der Waals surface area contributed by atoms with Crippen LogP contribution in [0.2, 0.25) is 0 Å². The number of rotatable bonds is 5. The minimum absolute atomic E-state index is 0.865. The number of hydrogen-bond acceptors (Lipinski definition) is 3. The summed E-state index contributed by atoms with van der Waals surface area (Å²) in [7, 11) is 0. The first kappa shape index (κ1) is 30.0. The van der Waals surface area contributed by atoms with E-state index in [2.05, 4.69) is 193 Å². The highest BCUT2D eigenvalue weighted by Gasteiger charge is 2.21. The fourth-order valence-electron chi connectivity index (χ4n) is 8.13. The van der Waals surface area contributed by atoms with E-state index < -0.39 is 0 Å². The molecule has 3 heteroatoms. The molecule has 9 aromatic carbocycles. The number of hydrogen-bond donors (Lipinski definition) is 0. The van der Waals surface area contributed by atoms with Gasteiger partial charge in [0.2, 0.25) is 0 Å². The molecule has 0 unspecified atom stereocenters. The lowest BCUT2D eigenvalue weighted by Crippen LogP contribution is -2.10. The number of fused-ring (bicyclic) bond motifs is 9. The largest absolute Gasteiger partial charge is 0.454 e. The third kappa shape index (κ3) is 4.86. The summed E-state index contributed by atoms with van der Waals surface area (Å²) in [6.07, 6.45) is 0. The van der Waals surface area contributed by atoms with Crippen LogP contribution in [0.25, 0.3) is 85.9 Å². The van der Waals surface area contributed by atoms with Crippen molar-refractivity contribution in [2.75, 3.05) is 4.90 Å². The zero-order valence-corrected chi connectivity index (χ0v) is 29.5. The quantitative estimate of drug-likeness (QED) is 0.167. The maximum absolute atomic E-state index is 6.79. The van der Waals surface area contributed by atoms with E-state index in [1.165, 1.54) is 64.0 Å². The molecule has 53 heavy (non-hydrogen) atoms. The Labute approximate surface area is 310 Å². The monoisotopic (exact) mass is 693 g/mol. The molecule has 0 N–H and O–H groups in total. The fraction of sp³-hybridized carbons (Fsp3) is 0. The number of thiophene rings is 1. The van der Waals surface area contributed by atoms with Gasteiger partial charge >= 0.3 is 0 Å². The molecule has 0 fully saturated rings. The summed E-state index contributed by atoms with van der Waals surface area (Å²) in [6.45, 7) is 0. The topological polar surface area (TPSA) is 16.4 Å². The summed E-state index contributed by atoms with van der Waals surface area (Å²) in [4.78, 5) is 2.36. The zero-order chi connectivity index (χ0) is 34.9. The molecule has 0 atom stereocenters. The van der Waals surface area contributed by atoms with Crippen LogP contribution in [-0.4, -0.2) is 0 Å². The van der Waals surface area contributed by atoms with Gasteiger partial charge < -0.3 is 9.32 Å². The number of nitrogens with zero attached hydrogens (tertiary/aromatic N) is 1. The van der Waals surface area contributed by atoms with Gasteiger partial charge in [-0.25, -0.2) is 0 Å². The lowest BCUT2D eigenvalue weighted by molar-refractivity contribution is 0.669. The van der Waals surface area contributed by atoms with Crippen LogP contribution in [0.4, 0.5) is 17.1 Å². The molecule has 0 aliphatic rings. The zero-order valence-electron chi connectivity index (χ0n) is 28.7. The van der Waals surface area contributed by atoms with Crippen molar-refractivity contribution in [1.29, 1.82) is 0 Å². The highest BCUT2D eigenvalue weighted by atomic mass is 32.1. The van der Waals surface area contributed by atoms with E-state index in [-0.39, 0.29) is 0 Å². The van der Waals surface area contributed by atoms with Crippen molar-refractivity contribution < 1.29 is 4.42 Å². The number of furan rings is 1. The number of para-hydroxylation sites is 1. The van der Waals surface area contributed by atoms with Gasteiger partial charge in [-0.1, -0.05) is 133 Å². The Morgan fingerprint density at radius 3 is 1.96 bits per heavy atom. The molecule has 11 rings (SSSR count). The average Bonchev–Trinajstić information content (AvgIpc) is 3.80. The third-order valence-electron chi connectivity index (χ3n) is 10.7.